The molecular formula is C29H44N6O4. The number of anilines is 1. The van der Waals surface area contributed by atoms with E-state index >= 15 is 0 Å². The van der Waals surface area contributed by atoms with Gasteiger partial charge in [-0.05, 0) is 36.5 Å². The monoisotopic (exact) mass is 540 g/mol. The van der Waals surface area contributed by atoms with Gasteiger partial charge in [0.05, 0.1) is 19.8 Å². The van der Waals surface area contributed by atoms with Gasteiger partial charge >= 0.3 is 0 Å². The molecule has 0 aliphatic carbocycles. The summed E-state index contributed by atoms with van der Waals surface area (Å²) in [4.78, 5) is 32.5. The van der Waals surface area contributed by atoms with Crippen molar-refractivity contribution in [2.24, 2.45) is 11.8 Å². The number of amides is 2. The Balaban J connectivity index is 1.19. The van der Waals surface area contributed by atoms with Crippen LogP contribution in [0.5, 0.6) is 5.75 Å². The molecule has 1 aromatic carbocycles. The number of benzene rings is 1. The fraction of sp³-hybridized carbons (Fsp3) is 0.655. The van der Waals surface area contributed by atoms with Crippen LogP contribution in [0, 0.1) is 11.8 Å². The minimum absolute atomic E-state index is 0.0940. The molecule has 3 N–H and O–H groups in total. The summed E-state index contributed by atoms with van der Waals surface area (Å²) >= 11 is 0. The van der Waals surface area contributed by atoms with E-state index in [0.29, 0.717) is 45.8 Å². The zero-order valence-corrected chi connectivity index (χ0v) is 23.0. The minimum atomic E-state index is 0.0940. The summed E-state index contributed by atoms with van der Waals surface area (Å²) in [6.07, 6.45) is 5.52. The van der Waals surface area contributed by atoms with Crippen molar-refractivity contribution < 1.29 is 19.1 Å². The van der Waals surface area contributed by atoms with Gasteiger partial charge in [-0.1, -0.05) is 12.2 Å². The Morgan fingerprint density at radius 3 is 2.72 bits per heavy atom. The molecule has 3 fully saturated rings. The van der Waals surface area contributed by atoms with E-state index in [1.54, 1.807) is 0 Å². The summed E-state index contributed by atoms with van der Waals surface area (Å²) in [5.41, 5.74) is 2.26. The van der Waals surface area contributed by atoms with Crippen LogP contribution in [0.15, 0.2) is 30.4 Å². The van der Waals surface area contributed by atoms with Gasteiger partial charge in [0.1, 0.15) is 12.4 Å². The third kappa shape index (κ3) is 7.94. The molecule has 0 spiro atoms. The molecule has 5 rings (SSSR count). The lowest BCUT2D eigenvalue weighted by atomic mass is 9.82. The first-order valence-corrected chi connectivity index (χ1v) is 14.6. The largest absolute Gasteiger partial charge is 0.489 e. The van der Waals surface area contributed by atoms with Crippen LogP contribution in [0.3, 0.4) is 0 Å². The second-order valence-corrected chi connectivity index (χ2v) is 10.9. The van der Waals surface area contributed by atoms with Crippen molar-refractivity contribution in [2.45, 2.75) is 19.4 Å². The number of hydrogen-bond acceptors (Lipinski definition) is 8. The number of carbonyl (C=O) groups is 2. The molecule has 10 heteroatoms. The zero-order chi connectivity index (χ0) is 26.9. The number of fused-ring (bicyclic) bond motifs is 3. The first-order chi connectivity index (χ1) is 19.2. The molecule has 4 heterocycles. The van der Waals surface area contributed by atoms with Crippen molar-refractivity contribution in [1.29, 1.82) is 0 Å². The van der Waals surface area contributed by atoms with E-state index in [-0.39, 0.29) is 23.7 Å². The number of nitrogens with zero attached hydrogens (tertiary/aromatic N) is 3. The average Bonchev–Trinajstić information content (AvgIpc) is 2.98. The van der Waals surface area contributed by atoms with Crippen molar-refractivity contribution in [2.75, 3.05) is 96.7 Å². The molecule has 0 radical (unpaired) electrons. The van der Waals surface area contributed by atoms with Crippen molar-refractivity contribution in [1.82, 2.24) is 25.8 Å². The molecule has 2 atom stereocenters. The Bertz CT molecular complexity index is 992. The molecule has 0 aromatic heterocycles. The molecule has 4 aliphatic heterocycles. The van der Waals surface area contributed by atoms with Gasteiger partial charge in [-0.2, -0.15) is 0 Å². The van der Waals surface area contributed by atoms with Gasteiger partial charge < -0.3 is 35.2 Å². The van der Waals surface area contributed by atoms with Crippen LogP contribution >= 0.6 is 0 Å². The SMILES string of the molecule is O=C(C[C@@H]1CCN2C[C@@H]1C=CCOc1ccc(N3CCNCC3)cc1CNCC2=O)NCCN1CCOCC1. The van der Waals surface area contributed by atoms with E-state index in [0.717, 1.165) is 76.8 Å². The van der Waals surface area contributed by atoms with Crippen LogP contribution in [0.1, 0.15) is 18.4 Å². The first-order valence-electron chi connectivity index (χ1n) is 14.6. The molecule has 1 aromatic rings. The van der Waals surface area contributed by atoms with Crippen LogP contribution in [0.25, 0.3) is 0 Å². The number of ether oxygens (including phenoxy) is 2. The summed E-state index contributed by atoms with van der Waals surface area (Å²) in [6.45, 7) is 11.5. The van der Waals surface area contributed by atoms with Crippen molar-refractivity contribution in [3.63, 3.8) is 0 Å². The quantitative estimate of drug-likeness (QED) is 0.448. The topological polar surface area (TPSA) is 98.4 Å². The normalized spacial score (nSPS) is 25.1. The fourth-order valence-electron chi connectivity index (χ4n) is 5.97. The van der Waals surface area contributed by atoms with E-state index < -0.39 is 0 Å². The molecule has 214 valence electrons. The van der Waals surface area contributed by atoms with Gasteiger partial charge in [-0.15, -0.1) is 0 Å². The van der Waals surface area contributed by atoms with Gasteiger partial charge in [-0.3, -0.25) is 14.5 Å². The van der Waals surface area contributed by atoms with Gasteiger partial charge in [0.2, 0.25) is 11.8 Å². The molecule has 0 unspecified atom stereocenters. The maximum absolute atomic E-state index is 13.1. The van der Waals surface area contributed by atoms with Gasteiger partial charge in [0, 0.05) is 89.7 Å². The summed E-state index contributed by atoms with van der Waals surface area (Å²) in [6, 6.07) is 6.37. The summed E-state index contributed by atoms with van der Waals surface area (Å²) < 4.78 is 11.6. The van der Waals surface area contributed by atoms with Gasteiger partial charge in [0.25, 0.3) is 0 Å². The third-order valence-corrected chi connectivity index (χ3v) is 8.30. The number of rotatable bonds is 6. The maximum Gasteiger partial charge on any atom is 0.236 e. The Labute approximate surface area is 232 Å². The standard InChI is InChI=1S/C29H44N6O4/c36-28(32-8-10-33-13-16-38-17-14-33)19-23-5-9-35-22-24(23)2-1-15-39-27-4-3-26(34-11-6-30-7-12-34)18-25(27)20-31-21-29(35)37/h1-4,18,23-24,30-31H,5-17,19-22H2,(H,32,36)/t23-,24-/m0/s1. The van der Waals surface area contributed by atoms with Crippen LogP contribution in [-0.4, -0.2) is 113 Å². The second kappa shape index (κ2) is 14.1. The van der Waals surface area contributed by atoms with Gasteiger partial charge in [-0.25, -0.2) is 0 Å². The number of hydrogen-bond donors (Lipinski definition) is 3. The molecule has 10 nitrogen and oxygen atoms in total. The Morgan fingerprint density at radius 2 is 1.87 bits per heavy atom. The fourth-order valence-corrected chi connectivity index (χ4v) is 5.97. The predicted molar refractivity (Wildman–Crippen MR) is 151 cm³/mol. The van der Waals surface area contributed by atoms with E-state index in [4.69, 9.17) is 9.47 Å². The molecule has 2 amide bonds. The highest BCUT2D eigenvalue weighted by Crippen LogP contribution is 2.29. The van der Waals surface area contributed by atoms with E-state index in [2.05, 4.69) is 56.1 Å². The van der Waals surface area contributed by atoms with Crippen molar-refractivity contribution >= 4 is 17.5 Å². The Morgan fingerprint density at radius 1 is 1.03 bits per heavy atom. The van der Waals surface area contributed by atoms with Crippen LogP contribution < -0.4 is 25.6 Å². The second-order valence-electron chi connectivity index (χ2n) is 10.9. The lowest BCUT2D eigenvalue weighted by Crippen LogP contribution is -2.47. The van der Waals surface area contributed by atoms with Crippen molar-refractivity contribution in [3.05, 3.63) is 35.9 Å². The van der Waals surface area contributed by atoms with E-state index in [9.17, 15) is 9.59 Å². The Hall–Kier alpha value is -2.66. The molecule has 3 saturated heterocycles. The Kier molecular flexibility index (Phi) is 10.1. The lowest BCUT2D eigenvalue weighted by molar-refractivity contribution is -0.132. The van der Waals surface area contributed by atoms with E-state index in [1.165, 1.54) is 5.69 Å². The highest BCUT2D eigenvalue weighted by Gasteiger charge is 2.31. The smallest absolute Gasteiger partial charge is 0.236 e. The molecular weight excluding hydrogens is 496 g/mol. The molecule has 0 saturated carbocycles. The predicted octanol–water partition coefficient (Wildman–Crippen LogP) is 0.438. The average molecular weight is 541 g/mol. The van der Waals surface area contributed by atoms with E-state index in [1.807, 2.05) is 4.90 Å². The molecule has 2 bridgehead atoms. The van der Waals surface area contributed by atoms with Gasteiger partial charge in [0.15, 0.2) is 0 Å². The summed E-state index contributed by atoms with van der Waals surface area (Å²) in [7, 11) is 0. The number of nitrogens with one attached hydrogen (secondary N) is 3. The third-order valence-electron chi connectivity index (χ3n) is 8.30. The minimum Gasteiger partial charge on any atom is -0.489 e. The zero-order valence-electron chi connectivity index (χ0n) is 23.0. The summed E-state index contributed by atoms with van der Waals surface area (Å²) in [5.74, 6) is 1.39. The highest BCUT2D eigenvalue weighted by molar-refractivity contribution is 5.79. The van der Waals surface area contributed by atoms with Crippen LogP contribution in [-0.2, 0) is 20.9 Å². The lowest BCUT2D eigenvalue weighted by Gasteiger charge is -2.37. The maximum atomic E-state index is 13.1. The molecule has 39 heavy (non-hydrogen) atoms. The van der Waals surface area contributed by atoms with Crippen LogP contribution in [0.4, 0.5) is 5.69 Å². The summed E-state index contributed by atoms with van der Waals surface area (Å²) in [5, 5.41) is 9.87. The van der Waals surface area contributed by atoms with Crippen molar-refractivity contribution in [3.8, 4) is 5.75 Å². The number of morpholine rings is 1. The first kappa shape index (κ1) is 27.9. The number of piperazine rings is 1. The molecule has 4 aliphatic rings. The highest BCUT2D eigenvalue weighted by atomic mass is 16.5. The van der Waals surface area contributed by atoms with Crippen LogP contribution in [0.2, 0.25) is 0 Å². The number of piperidine rings is 1. The number of carbonyl (C=O) groups excluding carboxylic acids is 2.